The predicted octanol–water partition coefficient (Wildman–Crippen LogP) is 3.31. The number of pyridine rings is 1. The molecule has 18 heavy (non-hydrogen) atoms. The summed E-state index contributed by atoms with van der Waals surface area (Å²) in [5.41, 5.74) is 0.174. The average molecular weight is 271 g/mol. The Kier molecular flexibility index (Phi) is 5.41. The smallest absolute Gasteiger partial charge is 0.335 e. The molecule has 1 N–H and O–H groups in total. The molecule has 1 aromatic heterocycles. The first-order chi connectivity index (χ1) is 8.47. The van der Waals surface area contributed by atoms with E-state index in [1.165, 1.54) is 6.07 Å². The van der Waals surface area contributed by atoms with Gasteiger partial charge < -0.3 is 10.0 Å². The largest absolute Gasteiger partial charge is 0.478 e. The molecule has 1 aromatic rings. The van der Waals surface area contributed by atoms with Crippen LogP contribution in [0.1, 0.15) is 37.6 Å². The number of hydrogen-bond donors (Lipinski definition) is 1. The van der Waals surface area contributed by atoms with E-state index in [0.29, 0.717) is 11.7 Å². The number of aromatic carboxylic acids is 1. The molecule has 0 aliphatic carbocycles. The average Bonchev–Trinajstić information content (AvgIpc) is 2.34. The summed E-state index contributed by atoms with van der Waals surface area (Å²) in [7, 11) is 0. The number of aromatic nitrogens is 1. The molecule has 100 valence electrons. The monoisotopic (exact) mass is 270 g/mol. The molecule has 0 saturated carbocycles. The van der Waals surface area contributed by atoms with Gasteiger partial charge in [-0.05, 0) is 25.0 Å². The highest BCUT2D eigenvalue weighted by atomic mass is 35.5. The summed E-state index contributed by atoms with van der Waals surface area (Å²) in [6, 6.07) is 2.94. The standard InChI is InChI=1S/C13H19ClN2O2/c1-4-9(3)8-16(5-2)12-7-10(13(17)18)6-11(14)15-12/h6-7,9H,4-5,8H2,1-3H3,(H,17,18). The van der Waals surface area contributed by atoms with Gasteiger partial charge in [0, 0.05) is 13.1 Å². The third kappa shape index (κ3) is 3.88. The molecule has 0 amide bonds. The molecule has 0 bridgehead atoms. The van der Waals surface area contributed by atoms with Crippen LogP contribution in [0.2, 0.25) is 5.15 Å². The van der Waals surface area contributed by atoms with Gasteiger partial charge in [0.1, 0.15) is 11.0 Å². The van der Waals surface area contributed by atoms with Crippen molar-refractivity contribution in [2.75, 3.05) is 18.0 Å². The Balaban J connectivity index is 3.01. The normalized spacial score (nSPS) is 12.2. The fraction of sp³-hybridized carbons (Fsp3) is 0.538. The minimum atomic E-state index is -0.986. The van der Waals surface area contributed by atoms with Gasteiger partial charge in [-0.3, -0.25) is 0 Å². The van der Waals surface area contributed by atoms with Gasteiger partial charge in [0.05, 0.1) is 5.56 Å². The van der Waals surface area contributed by atoms with Crippen molar-refractivity contribution >= 4 is 23.4 Å². The first kappa shape index (κ1) is 14.8. The Labute approximate surface area is 113 Å². The van der Waals surface area contributed by atoms with Crippen molar-refractivity contribution in [3.8, 4) is 0 Å². The van der Waals surface area contributed by atoms with Crippen molar-refractivity contribution in [1.29, 1.82) is 0 Å². The fourth-order valence-electron chi connectivity index (χ4n) is 1.66. The number of carbonyl (C=O) groups is 1. The third-order valence-corrected chi connectivity index (χ3v) is 3.16. The van der Waals surface area contributed by atoms with Gasteiger partial charge in [0.15, 0.2) is 0 Å². The number of nitrogens with zero attached hydrogens (tertiary/aromatic N) is 2. The minimum Gasteiger partial charge on any atom is -0.478 e. The van der Waals surface area contributed by atoms with Crippen LogP contribution >= 0.6 is 11.6 Å². The molecule has 0 fully saturated rings. The van der Waals surface area contributed by atoms with Gasteiger partial charge in [-0.15, -0.1) is 0 Å². The van der Waals surface area contributed by atoms with Crippen LogP contribution in [-0.4, -0.2) is 29.1 Å². The quantitative estimate of drug-likeness (QED) is 0.806. The van der Waals surface area contributed by atoms with E-state index >= 15 is 0 Å². The van der Waals surface area contributed by atoms with Crippen molar-refractivity contribution in [3.05, 3.63) is 22.8 Å². The lowest BCUT2D eigenvalue weighted by molar-refractivity contribution is 0.0697. The van der Waals surface area contributed by atoms with Gasteiger partial charge in [-0.2, -0.15) is 0 Å². The Morgan fingerprint density at radius 2 is 2.17 bits per heavy atom. The Morgan fingerprint density at radius 1 is 1.50 bits per heavy atom. The van der Waals surface area contributed by atoms with Crippen molar-refractivity contribution in [2.24, 2.45) is 5.92 Å². The van der Waals surface area contributed by atoms with Gasteiger partial charge in [0.2, 0.25) is 0 Å². The molecule has 0 aromatic carbocycles. The van der Waals surface area contributed by atoms with Gasteiger partial charge in [0.25, 0.3) is 0 Å². The summed E-state index contributed by atoms with van der Waals surface area (Å²) in [6.45, 7) is 7.93. The van der Waals surface area contributed by atoms with E-state index in [-0.39, 0.29) is 10.7 Å². The topological polar surface area (TPSA) is 53.4 Å². The number of rotatable bonds is 6. The molecule has 0 aliphatic rings. The number of anilines is 1. The van der Waals surface area contributed by atoms with Crippen LogP contribution in [0.15, 0.2) is 12.1 Å². The van der Waals surface area contributed by atoms with Crippen molar-refractivity contribution in [1.82, 2.24) is 4.98 Å². The van der Waals surface area contributed by atoms with Crippen LogP contribution in [0.25, 0.3) is 0 Å². The van der Waals surface area contributed by atoms with Gasteiger partial charge >= 0.3 is 5.97 Å². The first-order valence-electron chi connectivity index (χ1n) is 6.13. The van der Waals surface area contributed by atoms with E-state index in [2.05, 4.69) is 18.8 Å². The fourth-order valence-corrected chi connectivity index (χ4v) is 1.86. The summed E-state index contributed by atoms with van der Waals surface area (Å²) in [5.74, 6) is 0.168. The maximum Gasteiger partial charge on any atom is 0.335 e. The second-order valence-corrected chi connectivity index (χ2v) is 4.78. The highest BCUT2D eigenvalue weighted by molar-refractivity contribution is 6.29. The molecule has 5 heteroatoms. The van der Waals surface area contributed by atoms with E-state index < -0.39 is 5.97 Å². The number of carboxylic acid groups (broad SMARTS) is 1. The highest BCUT2D eigenvalue weighted by Crippen LogP contribution is 2.19. The molecular weight excluding hydrogens is 252 g/mol. The molecule has 1 rings (SSSR count). The van der Waals surface area contributed by atoms with Crippen LogP contribution in [0.4, 0.5) is 5.82 Å². The molecule has 0 aliphatic heterocycles. The van der Waals surface area contributed by atoms with Crippen LogP contribution in [0.3, 0.4) is 0 Å². The molecule has 1 atom stereocenters. The van der Waals surface area contributed by atoms with Crippen LogP contribution in [0.5, 0.6) is 0 Å². The summed E-state index contributed by atoms with van der Waals surface area (Å²) < 4.78 is 0. The lowest BCUT2D eigenvalue weighted by atomic mass is 10.1. The second kappa shape index (κ2) is 6.59. The zero-order valence-electron chi connectivity index (χ0n) is 11.0. The molecule has 0 radical (unpaired) electrons. The molecule has 4 nitrogen and oxygen atoms in total. The van der Waals surface area contributed by atoms with E-state index in [0.717, 1.165) is 19.5 Å². The SMILES string of the molecule is CCC(C)CN(CC)c1cc(C(=O)O)cc(Cl)n1. The Morgan fingerprint density at radius 3 is 2.67 bits per heavy atom. The van der Waals surface area contributed by atoms with Crippen LogP contribution < -0.4 is 4.90 Å². The lowest BCUT2D eigenvalue weighted by Gasteiger charge is -2.25. The molecule has 0 saturated heterocycles. The number of carboxylic acids is 1. The number of halogens is 1. The Hall–Kier alpha value is -1.29. The van der Waals surface area contributed by atoms with E-state index in [4.69, 9.17) is 16.7 Å². The van der Waals surface area contributed by atoms with Gasteiger partial charge in [-0.1, -0.05) is 31.9 Å². The maximum atomic E-state index is 11.0. The van der Waals surface area contributed by atoms with E-state index in [9.17, 15) is 4.79 Å². The zero-order chi connectivity index (χ0) is 13.7. The molecule has 1 unspecified atom stereocenters. The maximum absolute atomic E-state index is 11.0. The molecule has 0 spiro atoms. The summed E-state index contributed by atoms with van der Waals surface area (Å²) in [5, 5.41) is 9.23. The van der Waals surface area contributed by atoms with E-state index in [1.54, 1.807) is 6.07 Å². The van der Waals surface area contributed by atoms with Crippen molar-refractivity contribution in [2.45, 2.75) is 27.2 Å². The predicted molar refractivity (Wildman–Crippen MR) is 73.5 cm³/mol. The summed E-state index contributed by atoms with van der Waals surface area (Å²) in [4.78, 5) is 17.2. The lowest BCUT2D eigenvalue weighted by Crippen LogP contribution is -2.29. The van der Waals surface area contributed by atoms with Gasteiger partial charge in [-0.25, -0.2) is 9.78 Å². The van der Waals surface area contributed by atoms with E-state index in [1.807, 2.05) is 11.8 Å². The van der Waals surface area contributed by atoms with Crippen molar-refractivity contribution in [3.63, 3.8) is 0 Å². The molecular formula is C13H19ClN2O2. The second-order valence-electron chi connectivity index (χ2n) is 4.39. The first-order valence-corrected chi connectivity index (χ1v) is 6.51. The number of hydrogen-bond acceptors (Lipinski definition) is 3. The molecule has 1 heterocycles. The Bertz CT molecular complexity index is 423. The summed E-state index contributed by atoms with van der Waals surface area (Å²) >= 11 is 5.86. The zero-order valence-corrected chi connectivity index (χ0v) is 11.7. The van der Waals surface area contributed by atoms with Crippen LogP contribution in [-0.2, 0) is 0 Å². The van der Waals surface area contributed by atoms with Crippen LogP contribution in [0, 0.1) is 5.92 Å². The van der Waals surface area contributed by atoms with Crippen molar-refractivity contribution < 1.29 is 9.90 Å². The third-order valence-electron chi connectivity index (χ3n) is 2.96. The minimum absolute atomic E-state index is 0.174. The highest BCUT2D eigenvalue weighted by Gasteiger charge is 2.13. The summed E-state index contributed by atoms with van der Waals surface area (Å²) in [6.07, 6.45) is 1.07.